The highest BCUT2D eigenvalue weighted by atomic mass is 14.3. The molecule has 0 N–H and O–H groups in total. The van der Waals surface area contributed by atoms with Gasteiger partial charge in [-0.25, -0.2) is 0 Å². The molecule has 2 aliphatic carbocycles. The number of allylic oxidation sites excluding steroid dienone is 2. The molecule has 0 aliphatic heterocycles. The van der Waals surface area contributed by atoms with Crippen LogP contribution in [0.5, 0.6) is 0 Å². The van der Waals surface area contributed by atoms with Crippen molar-refractivity contribution in [1.82, 2.24) is 0 Å². The molecule has 0 amide bonds. The molecule has 88 valence electrons. The molecule has 0 aromatic carbocycles. The van der Waals surface area contributed by atoms with Gasteiger partial charge in [0.1, 0.15) is 0 Å². The van der Waals surface area contributed by atoms with Gasteiger partial charge >= 0.3 is 0 Å². The Bertz CT molecular complexity index is 196. The molecule has 1 unspecified atom stereocenters. The van der Waals surface area contributed by atoms with E-state index >= 15 is 0 Å². The topological polar surface area (TPSA) is 0 Å². The third-order valence-electron chi connectivity index (χ3n) is 4.03. The zero-order valence-electron chi connectivity index (χ0n) is 11.1. The molecule has 0 heterocycles. The SMILES string of the molecule is CC.CC1=C[C@@H](C)CCC1C1CCCC1. The summed E-state index contributed by atoms with van der Waals surface area (Å²) in [6.45, 7) is 8.72. The molecule has 0 heteroatoms. The molecule has 0 bridgehead atoms. The second-order valence-corrected chi connectivity index (χ2v) is 5.12. The van der Waals surface area contributed by atoms with Crippen LogP contribution in [0.1, 0.15) is 66.2 Å². The van der Waals surface area contributed by atoms with Crippen LogP contribution in [0, 0.1) is 17.8 Å². The van der Waals surface area contributed by atoms with Crippen LogP contribution < -0.4 is 0 Å². The quantitative estimate of drug-likeness (QED) is 0.520. The van der Waals surface area contributed by atoms with Crippen molar-refractivity contribution in [3.8, 4) is 0 Å². The summed E-state index contributed by atoms with van der Waals surface area (Å²) < 4.78 is 0. The maximum Gasteiger partial charge on any atom is -0.0177 e. The summed E-state index contributed by atoms with van der Waals surface area (Å²) in [5.74, 6) is 2.85. The average molecular weight is 208 g/mol. The molecule has 0 aromatic heterocycles. The van der Waals surface area contributed by atoms with Gasteiger partial charge in [-0.05, 0) is 50.4 Å². The normalized spacial score (nSPS) is 31.9. The molecule has 2 atom stereocenters. The highest BCUT2D eigenvalue weighted by Gasteiger charge is 2.28. The van der Waals surface area contributed by atoms with Crippen molar-refractivity contribution < 1.29 is 0 Å². The van der Waals surface area contributed by atoms with E-state index in [4.69, 9.17) is 0 Å². The minimum atomic E-state index is 0.845. The summed E-state index contributed by atoms with van der Waals surface area (Å²) in [5, 5.41) is 0. The molecule has 15 heavy (non-hydrogen) atoms. The summed E-state index contributed by atoms with van der Waals surface area (Å²) in [6.07, 6.45) is 11.4. The van der Waals surface area contributed by atoms with E-state index in [2.05, 4.69) is 19.9 Å². The van der Waals surface area contributed by atoms with E-state index in [-0.39, 0.29) is 0 Å². The minimum Gasteiger partial charge on any atom is -0.0825 e. The average Bonchev–Trinajstić information content (AvgIpc) is 2.74. The first-order chi connectivity index (χ1) is 7.27. The van der Waals surface area contributed by atoms with Crippen molar-refractivity contribution in [2.45, 2.75) is 66.2 Å². The number of rotatable bonds is 1. The van der Waals surface area contributed by atoms with Gasteiger partial charge in [-0.2, -0.15) is 0 Å². The van der Waals surface area contributed by atoms with Gasteiger partial charge in [0.25, 0.3) is 0 Å². The summed E-state index contributed by atoms with van der Waals surface area (Å²) in [7, 11) is 0. The standard InChI is InChI=1S/C13H22.C2H6/c1-10-7-8-13(11(2)9-10)12-5-3-4-6-12;1-2/h9-10,12-13H,3-8H2,1-2H3;1-2H3/t10-,13?;/m0./s1. The molecule has 0 radical (unpaired) electrons. The van der Waals surface area contributed by atoms with Crippen molar-refractivity contribution in [2.75, 3.05) is 0 Å². The molecule has 0 spiro atoms. The molecular weight excluding hydrogens is 180 g/mol. The van der Waals surface area contributed by atoms with Crippen molar-refractivity contribution in [1.29, 1.82) is 0 Å². The van der Waals surface area contributed by atoms with E-state index < -0.39 is 0 Å². The van der Waals surface area contributed by atoms with Gasteiger partial charge in [-0.1, -0.05) is 45.3 Å². The fourth-order valence-corrected chi connectivity index (χ4v) is 3.29. The number of hydrogen-bond donors (Lipinski definition) is 0. The molecular formula is C15H28. The Labute approximate surface area is 96.2 Å². The molecule has 2 rings (SSSR count). The lowest BCUT2D eigenvalue weighted by atomic mass is 9.76. The Balaban J connectivity index is 0.000000531. The van der Waals surface area contributed by atoms with Crippen LogP contribution in [0.2, 0.25) is 0 Å². The van der Waals surface area contributed by atoms with E-state index in [9.17, 15) is 0 Å². The lowest BCUT2D eigenvalue weighted by Gasteiger charge is -2.30. The Kier molecular flexibility index (Phi) is 5.42. The zero-order chi connectivity index (χ0) is 11.3. The van der Waals surface area contributed by atoms with Crippen LogP contribution in [0.15, 0.2) is 11.6 Å². The third kappa shape index (κ3) is 3.36. The van der Waals surface area contributed by atoms with E-state index in [0.717, 1.165) is 17.8 Å². The van der Waals surface area contributed by atoms with E-state index in [1.807, 2.05) is 13.8 Å². The minimum absolute atomic E-state index is 0.845. The van der Waals surface area contributed by atoms with Crippen molar-refractivity contribution in [3.63, 3.8) is 0 Å². The fourth-order valence-electron chi connectivity index (χ4n) is 3.29. The smallest absolute Gasteiger partial charge is 0.0177 e. The van der Waals surface area contributed by atoms with Gasteiger partial charge < -0.3 is 0 Å². The predicted octanol–water partition coefficient (Wildman–Crippen LogP) is 5.20. The second-order valence-electron chi connectivity index (χ2n) is 5.12. The summed E-state index contributed by atoms with van der Waals surface area (Å²) in [6, 6.07) is 0. The summed E-state index contributed by atoms with van der Waals surface area (Å²) in [4.78, 5) is 0. The Morgan fingerprint density at radius 2 is 1.60 bits per heavy atom. The second kappa shape index (κ2) is 6.35. The van der Waals surface area contributed by atoms with E-state index in [1.165, 1.54) is 38.5 Å². The number of hydrogen-bond acceptors (Lipinski definition) is 0. The lowest BCUT2D eigenvalue weighted by Crippen LogP contribution is -2.18. The van der Waals surface area contributed by atoms with Crippen molar-refractivity contribution in [2.24, 2.45) is 17.8 Å². The Hall–Kier alpha value is -0.260. The first-order valence-corrected chi connectivity index (χ1v) is 6.95. The molecule has 0 aromatic rings. The molecule has 1 saturated carbocycles. The van der Waals surface area contributed by atoms with Crippen LogP contribution in [0.3, 0.4) is 0 Å². The Morgan fingerprint density at radius 3 is 2.13 bits per heavy atom. The molecule has 0 saturated heterocycles. The van der Waals surface area contributed by atoms with E-state index in [1.54, 1.807) is 5.57 Å². The maximum absolute atomic E-state index is 2.52. The van der Waals surface area contributed by atoms with Crippen LogP contribution in [0.4, 0.5) is 0 Å². The van der Waals surface area contributed by atoms with Gasteiger partial charge in [0.15, 0.2) is 0 Å². The van der Waals surface area contributed by atoms with Gasteiger partial charge in [-0.15, -0.1) is 0 Å². The zero-order valence-corrected chi connectivity index (χ0v) is 11.1. The van der Waals surface area contributed by atoms with Gasteiger partial charge in [-0.3, -0.25) is 0 Å². The van der Waals surface area contributed by atoms with Gasteiger partial charge in [0.05, 0.1) is 0 Å². The van der Waals surface area contributed by atoms with Crippen molar-refractivity contribution >= 4 is 0 Å². The van der Waals surface area contributed by atoms with Gasteiger partial charge in [0.2, 0.25) is 0 Å². The molecule has 1 fully saturated rings. The molecule has 0 nitrogen and oxygen atoms in total. The highest BCUT2D eigenvalue weighted by molar-refractivity contribution is 5.10. The first-order valence-electron chi connectivity index (χ1n) is 6.95. The predicted molar refractivity (Wildman–Crippen MR) is 69.0 cm³/mol. The first kappa shape index (κ1) is 12.8. The highest BCUT2D eigenvalue weighted by Crippen LogP contribution is 2.40. The fraction of sp³-hybridized carbons (Fsp3) is 0.867. The summed E-state index contributed by atoms with van der Waals surface area (Å²) >= 11 is 0. The van der Waals surface area contributed by atoms with Crippen molar-refractivity contribution in [3.05, 3.63) is 11.6 Å². The lowest BCUT2D eigenvalue weighted by molar-refractivity contribution is 0.326. The van der Waals surface area contributed by atoms with Crippen LogP contribution in [-0.2, 0) is 0 Å². The summed E-state index contributed by atoms with van der Waals surface area (Å²) in [5.41, 5.74) is 1.70. The van der Waals surface area contributed by atoms with Crippen LogP contribution in [-0.4, -0.2) is 0 Å². The third-order valence-corrected chi connectivity index (χ3v) is 4.03. The van der Waals surface area contributed by atoms with Crippen LogP contribution >= 0.6 is 0 Å². The largest absolute Gasteiger partial charge is 0.0825 e. The maximum atomic E-state index is 2.52. The van der Waals surface area contributed by atoms with E-state index in [0.29, 0.717) is 0 Å². The Morgan fingerprint density at radius 1 is 1.00 bits per heavy atom. The van der Waals surface area contributed by atoms with Crippen LogP contribution in [0.25, 0.3) is 0 Å². The molecule has 2 aliphatic rings. The van der Waals surface area contributed by atoms with Gasteiger partial charge in [0, 0.05) is 0 Å². The monoisotopic (exact) mass is 208 g/mol.